The molecule has 1 unspecified atom stereocenters. The van der Waals surface area contributed by atoms with E-state index in [0.29, 0.717) is 35.9 Å². The van der Waals surface area contributed by atoms with Gasteiger partial charge in [-0.2, -0.15) is 0 Å². The Morgan fingerprint density at radius 2 is 1.84 bits per heavy atom. The number of carboxylic acid groups (broad SMARTS) is 1. The number of hydrogen-bond donors (Lipinski definition) is 2. The van der Waals surface area contributed by atoms with Gasteiger partial charge in [0, 0.05) is 12.1 Å². The molecular weight excluding hydrogens is 472 g/mol. The van der Waals surface area contributed by atoms with Crippen LogP contribution in [0.3, 0.4) is 0 Å². The third-order valence-electron chi connectivity index (χ3n) is 6.41. The number of rotatable bonds is 9. The quantitative estimate of drug-likeness (QED) is 0.437. The summed E-state index contributed by atoms with van der Waals surface area (Å²) in [6.45, 7) is 7.20. The van der Waals surface area contributed by atoms with Crippen LogP contribution in [0.2, 0.25) is 0 Å². The molecule has 0 spiro atoms. The van der Waals surface area contributed by atoms with Gasteiger partial charge in [-0.1, -0.05) is 24.3 Å². The Bertz CT molecular complexity index is 1250. The zero-order chi connectivity index (χ0) is 26.4. The molecule has 1 aliphatic heterocycles. The van der Waals surface area contributed by atoms with Gasteiger partial charge < -0.3 is 24.8 Å². The van der Waals surface area contributed by atoms with E-state index in [9.17, 15) is 14.7 Å². The van der Waals surface area contributed by atoms with Crippen LogP contribution in [0.4, 0.5) is 11.6 Å². The standard InChI is InChI=1S/C28H32N4O5/c1-4-36-22-9-5-6-10-23(22)37-21-8-7-15-32(18-21)25-17-29-16-24(30-25)31-26(33)19-11-13-20(14-12-19)28(2,3)27(34)35/h5-6,9-14,16-17,21H,4,7-8,15,18H2,1-3H3,(H,34,35)(H,30,31,33). The molecule has 1 amide bonds. The molecular formula is C28H32N4O5. The van der Waals surface area contributed by atoms with Gasteiger partial charge in [-0.3, -0.25) is 14.6 Å². The van der Waals surface area contributed by atoms with Gasteiger partial charge in [0.1, 0.15) is 11.9 Å². The molecule has 0 aliphatic carbocycles. The number of ether oxygens (including phenoxy) is 2. The lowest BCUT2D eigenvalue weighted by atomic mass is 9.84. The molecule has 194 valence electrons. The van der Waals surface area contributed by atoms with Crippen LogP contribution in [-0.2, 0) is 10.2 Å². The van der Waals surface area contributed by atoms with Crippen LogP contribution in [0.25, 0.3) is 0 Å². The number of para-hydroxylation sites is 2. The van der Waals surface area contributed by atoms with Crippen LogP contribution < -0.4 is 19.7 Å². The first-order valence-electron chi connectivity index (χ1n) is 12.4. The van der Waals surface area contributed by atoms with E-state index >= 15 is 0 Å². The zero-order valence-corrected chi connectivity index (χ0v) is 21.3. The fourth-order valence-corrected chi connectivity index (χ4v) is 4.16. The van der Waals surface area contributed by atoms with Crippen LogP contribution in [0, 0.1) is 0 Å². The molecule has 1 aliphatic rings. The van der Waals surface area contributed by atoms with E-state index in [4.69, 9.17) is 9.47 Å². The van der Waals surface area contributed by atoms with Crippen molar-refractivity contribution in [2.24, 2.45) is 0 Å². The molecule has 1 aromatic heterocycles. The summed E-state index contributed by atoms with van der Waals surface area (Å²) in [5.74, 6) is 1.16. The third kappa shape index (κ3) is 6.17. The highest BCUT2D eigenvalue weighted by Crippen LogP contribution is 2.30. The Hall–Kier alpha value is -4.14. The fraction of sp³-hybridized carbons (Fsp3) is 0.357. The Labute approximate surface area is 216 Å². The van der Waals surface area contributed by atoms with E-state index in [1.54, 1.807) is 44.3 Å². The SMILES string of the molecule is CCOc1ccccc1OC1CCCN(c2cncc(NC(=O)c3ccc(C(C)(C)C(=O)O)cc3)n2)C1. The Morgan fingerprint density at radius 3 is 2.54 bits per heavy atom. The molecule has 37 heavy (non-hydrogen) atoms. The molecule has 1 saturated heterocycles. The largest absolute Gasteiger partial charge is 0.490 e. The molecule has 0 bridgehead atoms. The summed E-state index contributed by atoms with van der Waals surface area (Å²) in [7, 11) is 0. The molecule has 0 radical (unpaired) electrons. The van der Waals surface area contributed by atoms with Crippen molar-refractivity contribution in [3.8, 4) is 11.5 Å². The van der Waals surface area contributed by atoms with E-state index in [1.807, 2.05) is 31.2 Å². The van der Waals surface area contributed by atoms with Crippen molar-refractivity contribution >= 4 is 23.5 Å². The molecule has 9 heteroatoms. The minimum atomic E-state index is -1.05. The number of aromatic nitrogens is 2. The summed E-state index contributed by atoms with van der Waals surface area (Å²) in [5.41, 5.74) is -0.0312. The lowest BCUT2D eigenvalue weighted by Crippen LogP contribution is -2.41. The second-order valence-corrected chi connectivity index (χ2v) is 9.43. The summed E-state index contributed by atoms with van der Waals surface area (Å²) >= 11 is 0. The Balaban J connectivity index is 1.41. The number of anilines is 2. The van der Waals surface area contributed by atoms with Gasteiger partial charge in [-0.05, 0) is 63.4 Å². The van der Waals surface area contributed by atoms with Crippen molar-refractivity contribution in [3.63, 3.8) is 0 Å². The Kier molecular flexibility index (Phi) is 7.91. The maximum atomic E-state index is 12.8. The third-order valence-corrected chi connectivity index (χ3v) is 6.41. The van der Waals surface area contributed by atoms with Crippen LogP contribution in [0.1, 0.15) is 49.5 Å². The number of nitrogens with zero attached hydrogens (tertiary/aromatic N) is 3. The number of carbonyl (C=O) groups excluding carboxylic acids is 1. The van der Waals surface area contributed by atoms with Crippen LogP contribution >= 0.6 is 0 Å². The molecule has 0 saturated carbocycles. The van der Waals surface area contributed by atoms with Crippen LogP contribution in [0.15, 0.2) is 60.9 Å². The predicted molar refractivity (Wildman–Crippen MR) is 141 cm³/mol. The van der Waals surface area contributed by atoms with Crippen molar-refractivity contribution in [2.75, 3.05) is 29.9 Å². The van der Waals surface area contributed by atoms with E-state index in [-0.39, 0.29) is 12.0 Å². The molecule has 2 aromatic carbocycles. The number of amides is 1. The van der Waals surface area contributed by atoms with E-state index < -0.39 is 11.4 Å². The van der Waals surface area contributed by atoms with Gasteiger partial charge in [-0.15, -0.1) is 0 Å². The van der Waals surface area contributed by atoms with E-state index in [2.05, 4.69) is 20.2 Å². The Morgan fingerprint density at radius 1 is 1.11 bits per heavy atom. The molecule has 9 nitrogen and oxygen atoms in total. The average molecular weight is 505 g/mol. The van der Waals surface area contributed by atoms with Crippen LogP contribution in [0.5, 0.6) is 11.5 Å². The summed E-state index contributed by atoms with van der Waals surface area (Å²) in [6, 6.07) is 14.2. The summed E-state index contributed by atoms with van der Waals surface area (Å²) in [6.07, 6.45) is 4.98. The maximum Gasteiger partial charge on any atom is 0.313 e. The summed E-state index contributed by atoms with van der Waals surface area (Å²) < 4.78 is 12.0. The second-order valence-electron chi connectivity index (χ2n) is 9.43. The highest BCUT2D eigenvalue weighted by atomic mass is 16.5. The van der Waals surface area contributed by atoms with Gasteiger partial charge >= 0.3 is 5.97 Å². The van der Waals surface area contributed by atoms with E-state index in [1.165, 1.54) is 6.20 Å². The van der Waals surface area contributed by atoms with Gasteiger partial charge in [0.15, 0.2) is 17.3 Å². The lowest BCUT2D eigenvalue weighted by Gasteiger charge is -2.33. The molecule has 2 heterocycles. The first-order chi connectivity index (χ1) is 17.8. The van der Waals surface area contributed by atoms with Crippen molar-refractivity contribution < 1.29 is 24.2 Å². The lowest BCUT2D eigenvalue weighted by molar-refractivity contribution is -0.142. The highest BCUT2D eigenvalue weighted by Gasteiger charge is 2.29. The van der Waals surface area contributed by atoms with Gasteiger partial charge in [-0.25, -0.2) is 4.98 Å². The molecule has 2 N–H and O–H groups in total. The first-order valence-corrected chi connectivity index (χ1v) is 12.4. The van der Waals surface area contributed by atoms with Crippen molar-refractivity contribution in [1.82, 2.24) is 9.97 Å². The second kappa shape index (κ2) is 11.3. The predicted octanol–water partition coefficient (Wildman–Crippen LogP) is 4.54. The number of aliphatic carboxylic acids is 1. The monoisotopic (exact) mass is 504 g/mol. The number of hydrogen-bond acceptors (Lipinski definition) is 7. The van der Waals surface area contributed by atoms with E-state index in [0.717, 1.165) is 30.9 Å². The smallest absolute Gasteiger partial charge is 0.313 e. The molecule has 1 fully saturated rings. The molecule has 1 atom stereocenters. The molecule has 3 aromatic rings. The number of carboxylic acids is 1. The maximum absolute atomic E-state index is 12.8. The van der Waals surface area contributed by atoms with Gasteiger partial charge in [0.25, 0.3) is 5.91 Å². The summed E-state index contributed by atoms with van der Waals surface area (Å²) in [5, 5.41) is 12.2. The highest BCUT2D eigenvalue weighted by molar-refractivity contribution is 6.03. The normalized spacial score (nSPS) is 15.6. The number of carbonyl (C=O) groups is 2. The zero-order valence-electron chi connectivity index (χ0n) is 21.3. The summed E-state index contributed by atoms with van der Waals surface area (Å²) in [4.78, 5) is 35.3. The van der Waals surface area contributed by atoms with Crippen molar-refractivity contribution in [2.45, 2.75) is 45.1 Å². The topological polar surface area (TPSA) is 114 Å². The van der Waals surface area contributed by atoms with Crippen molar-refractivity contribution in [1.29, 1.82) is 0 Å². The number of benzene rings is 2. The fourth-order valence-electron chi connectivity index (χ4n) is 4.16. The number of piperidine rings is 1. The minimum absolute atomic E-state index is 0.0380. The molecule has 4 rings (SSSR count). The van der Waals surface area contributed by atoms with Gasteiger partial charge in [0.05, 0.1) is 31.0 Å². The number of nitrogens with one attached hydrogen (secondary N) is 1. The average Bonchev–Trinajstić information content (AvgIpc) is 2.90. The first kappa shape index (κ1) is 25.9. The minimum Gasteiger partial charge on any atom is -0.490 e. The van der Waals surface area contributed by atoms with Gasteiger partial charge in [0.2, 0.25) is 0 Å². The van der Waals surface area contributed by atoms with Crippen LogP contribution in [-0.4, -0.2) is 52.8 Å². The van der Waals surface area contributed by atoms with Crippen molar-refractivity contribution in [3.05, 3.63) is 72.1 Å².